The molecule has 176 valence electrons. The lowest BCUT2D eigenvalue weighted by molar-refractivity contribution is 0.102. The molecular weight excluding hydrogens is 478 g/mol. The molecule has 0 radical (unpaired) electrons. The Labute approximate surface area is 209 Å². The van der Waals surface area contributed by atoms with Crippen molar-refractivity contribution in [2.75, 3.05) is 5.32 Å². The van der Waals surface area contributed by atoms with Crippen molar-refractivity contribution in [3.05, 3.63) is 106 Å². The molecule has 0 spiro atoms. The van der Waals surface area contributed by atoms with Gasteiger partial charge >= 0.3 is 0 Å². The Balaban J connectivity index is 1.43. The van der Waals surface area contributed by atoms with Gasteiger partial charge < -0.3 is 5.32 Å². The van der Waals surface area contributed by atoms with Gasteiger partial charge in [-0.1, -0.05) is 48.0 Å². The van der Waals surface area contributed by atoms with Gasteiger partial charge in [0.1, 0.15) is 11.2 Å². The first-order valence-electron chi connectivity index (χ1n) is 11.1. The lowest BCUT2D eigenvalue weighted by Gasteiger charge is -2.10. The van der Waals surface area contributed by atoms with Crippen molar-refractivity contribution in [3.63, 3.8) is 0 Å². The van der Waals surface area contributed by atoms with Crippen LogP contribution in [0, 0.1) is 6.92 Å². The minimum atomic E-state index is -0.380. The summed E-state index contributed by atoms with van der Waals surface area (Å²) in [6.45, 7) is 1.79. The smallest absolute Gasteiger partial charge is 0.263 e. The Morgan fingerprint density at radius 1 is 0.972 bits per heavy atom. The summed E-state index contributed by atoms with van der Waals surface area (Å²) in [4.78, 5) is 33.5. The van der Waals surface area contributed by atoms with Gasteiger partial charge in [-0.3, -0.25) is 14.6 Å². The number of anilines is 1. The topological polar surface area (TPSA) is 110 Å². The monoisotopic (exact) mass is 495 g/mol. The van der Waals surface area contributed by atoms with Crippen LogP contribution in [0.15, 0.2) is 83.8 Å². The molecule has 0 unspecified atom stereocenters. The molecule has 36 heavy (non-hydrogen) atoms. The van der Waals surface area contributed by atoms with Gasteiger partial charge in [0.2, 0.25) is 5.95 Å². The Kier molecular flexibility index (Phi) is 5.12. The molecule has 10 heteroatoms. The van der Waals surface area contributed by atoms with Crippen LogP contribution < -0.4 is 10.9 Å². The number of hydrogen-bond acceptors (Lipinski definition) is 5. The predicted octanol–water partition coefficient (Wildman–Crippen LogP) is 4.66. The van der Waals surface area contributed by atoms with Crippen LogP contribution in [-0.4, -0.2) is 35.4 Å². The number of carbonyl (C=O) groups is 1. The van der Waals surface area contributed by atoms with E-state index in [0.29, 0.717) is 38.8 Å². The van der Waals surface area contributed by atoms with Gasteiger partial charge in [-0.05, 0) is 48.0 Å². The lowest BCUT2D eigenvalue weighted by Crippen LogP contribution is -2.19. The van der Waals surface area contributed by atoms with Gasteiger partial charge in [-0.15, -0.1) is 0 Å². The van der Waals surface area contributed by atoms with Crippen LogP contribution in [0.5, 0.6) is 0 Å². The molecule has 2 N–H and O–H groups in total. The molecule has 0 aliphatic rings. The van der Waals surface area contributed by atoms with E-state index in [2.05, 4.69) is 25.5 Å². The minimum absolute atomic E-state index is 0.143. The first-order chi connectivity index (χ1) is 17.5. The molecule has 3 aromatic heterocycles. The summed E-state index contributed by atoms with van der Waals surface area (Å²) in [6.07, 6.45) is 1.46. The Morgan fingerprint density at radius 3 is 2.58 bits per heavy atom. The van der Waals surface area contributed by atoms with Crippen molar-refractivity contribution in [2.45, 2.75) is 6.92 Å². The molecule has 3 aromatic carbocycles. The fourth-order valence-electron chi connectivity index (χ4n) is 4.14. The lowest BCUT2D eigenvalue weighted by atomic mass is 10.0. The number of H-pyrrole nitrogens is 1. The molecule has 0 aliphatic heterocycles. The third-order valence-electron chi connectivity index (χ3n) is 5.80. The average Bonchev–Trinajstić information content (AvgIpc) is 3.47. The summed E-state index contributed by atoms with van der Waals surface area (Å²) in [5, 5.41) is 14.4. The van der Waals surface area contributed by atoms with E-state index in [1.807, 2.05) is 36.4 Å². The van der Waals surface area contributed by atoms with Crippen LogP contribution >= 0.6 is 11.6 Å². The van der Waals surface area contributed by atoms with Gasteiger partial charge in [0.05, 0.1) is 17.6 Å². The highest BCUT2D eigenvalue weighted by molar-refractivity contribution is 6.30. The zero-order valence-electron chi connectivity index (χ0n) is 18.9. The number of carbonyl (C=O) groups excluding carboxylic acids is 1. The second-order valence-electron chi connectivity index (χ2n) is 8.22. The molecule has 1 amide bonds. The highest BCUT2D eigenvalue weighted by atomic mass is 35.5. The number of hydrogen-bond donors (Lipinski definition) is 2. The maximum absolute atomic E-state index is 13.3. The average molecular weight is 496 g/mol. The van der Waals surface area contributed by atoms with Crippen LogP contribution in [-0.2, 0) is 0 Å². The number of amides is 1. The van der Waals surface area contributed by atoms with Gasteiger partial charge in [-0.2, -0.15) is 19.9 Å². The van der Waals surface area contributed by atoms with E-state index < -0.39 is 0 Å². The van der Waals surface area contributed by atoms with Crippen LogP contribution in [0.1, 0.15) is 16.1 Å². The van der Waals surface area contributed by atoms with Gasteiger partial charge in [-0.25, -0.2) is 4.68 Å². The molecule has 3 heterocycles. The van der Waals surface area contributed by atoms with Gasteiger partial charge in [0, 0.05) is 16.7 Å². The Hall–Kier alpha value is -4.76. The molecule has 0 bridgehead atoms. The first-order valence-corrected chi connectivity index (χ1v) is 11.5. The molecule has 6 rings (SSSR count). The van der Waals surface area contributed by atoms with Crippen LogP contribution in [0.25, 0.3) is 33.4 Å². The second kappa shape index (κ2) is 8.47. The third-order valence-corrected chi connectivity index (χ3v) is 6.06. The van der Waals surface area contributed by atoms with Crippen LogP contribution in [0.3, 0.4) is 0 Å². The quantitative estimate of drug-likeness (QED) is 0.369. The van der Waals surface area contributed by atoms with E-state index in [1.165, 1.54) is 10.9 Å². The van der Waals surface area contributed by atoms with Crippen LogP contribution in [0.2, 0.25) is 5.02 Å². The summed E-state index contributed by atoms with van der Waals surface area (Å²) in [7, 11) is 0. The molecule has 0 aliphatic carbocycles. The normalized spacial score (nSPS) is 11.3. The number of aryl methyl sites for hydroxylation is 1. The summed E-state index contributed by atoms with van der Waals surface area (Å²) in [5.74, 6) is 0.206. The number of benzene rings is 3. The summed E-state index contributed by atoms with van der Waals surface area (Å²) in [6, 6.07) is 22.0. The highest BCUT2D eigenvalue weighted by Crippen LogP contribution is 2.22. The van der Waals surface area contributed by atoms with Gasteiger partial charge in [0.15, 0.2) is 5.65 Å². The highest BCUT2D eigenvalue weighted by Gasteiger charge is 2.18. The minimum Gasteiger partial charge on any atom is -0.306 e. The predicted molar refractivity (Wildman–Crippen MR) is 138 cm³/mol. The number of halogens is 1. The Morgan fingerprint density at radius 2 is 1.75 bits per heavy atom. The fraction of sp³-hybridized carbons (Fsp3) is 0.0385. The molecule has 0 saturated heterocycles. The number of nitrogens with one attached hydrogen (secondary N) is 2. The van der Waals surface area contributed by atoms with E-state index in [1.54, 1.807) is 48.0 Å². The number of nitrogens with zero attached hydrogens (tertiary/aromatic N) is 5. The molecule has 0 atom stereocenters. The van der Waals surface area contributed by atoms with Crippen molar-refractivity contribution in [3.8, 4) is 11.6 Å². The van der Waals surface area contributed by atoms with Crippen molar-refractivity contribution >= 4 is 45.1 Å². The molecule has 6 aromatic rings. The summed E-state index contributed by atoms with van der Waals surface area (Å²) < 4.78 is 2.95. The zero-order valence-corrected chi connectivity index (χ0v) is 19.7. The molecule has 0 fully saturated rings. The summed E-state index contributed by atoms with van der Waals surface area (Å²) in [5.41, 5.74) is 1.82. The standard InChI is InChI=1S/C26H18ClN7O2/c1-15-13-22(29-24(35)20-8-4-6-16-5-2-3-7-19(16)20)34(32-15)26-30-23-21(25(36)31-26)14-28-33(23)18-11-9-17(27)10-12-18/h2-14H,1H3,(H,29,35)(H,30,31,36). The van der Waals surface area contributed by atoms with Crippen molar-refractivity contribution < 1.29 is 4.79 Å². The fourth-order valence-corrected chi connectivity index (χ4v) is 4.26. The van der Waals surface area contributed by atoms with Crippen molar-refractivity contribution in [2.24, 2.45) is 0 Å². The van der Waals surface area contributed by atoms with E-state index in [9.17, 15) is 9.59 Å². The van der Waals surface area contributed by atoms with E-state index >= 15 is 0 Å². The SMILES string of the molecule is Cc1cc(NC(=O)c2cccc3ccccc23)n(-c2nc3c(cnn3-c3ccc(Cl)cc3)c(=O)[nH]2)n1. The van der Waals surface area contributed by atoms with E-state index in [4.69, 9.17) is 11.6 Å². The number of aromatic amines is 1. The number of aromatic nitrogens is 6. The number of fused-ring (bicyclic) bond motifs is 2. The second-order valence-corrected chi connectivity index (χ2v) is 8.66. The molecular formula is C26H18ClN7O2. The third kappa shape index (κ3) is 3.71. The summed E-state index contributed by atoms with van der Waals surface area (Å²) >= 11 is 6.01. The maximum Gasteiger partial charge on any atom is 0.263 e. The largest absolute Gasteiger partial charge is 0.306 e. The van der Waals surface area contributed by atoms with Crippen LogP contribution in [0.4, 0.5) is 5.82 Å². The van der Waals surface area contributed by atoms with Gasteiger partial charge in [0.25, 0.3) is 11.5 Å². The van der Waals surface area contributed by atoms with E-state index in [0.717, 1.165) is 10.8 Å². The zero-order chi connectivity index (χ0) is 24.8. The maximum atomic E-state index is 13.3. The molecule has 9 nitrogen and oxygen atoms in total. The Bertz CT molecular complexity index is 1830. The first kappa shape index (κ1) is 21.8. The number of rotatable bonds is 4. The molecule has 0 saturated carbocycles. The van der Waals surface area contributed by atoms with Crippen molar-refractivity contribution in [1.82, 2.24) is 29.5 Å². The van der Waals surface area contributed by atoms with Crippen molar-refractivity contribution in [1.29, 1.82) is 0 Å². The van der Waals surface area contributed by atoms with E-state index in [-0.39, 0.29) is 17.4 Å².